The molecule has 3 aromatic carbocycles. The number of guanidine groups is 1. The number of carbonyl (C=O) groups is 6. The van der Waals surface area contributed by atoms with E-state index in [0.717, 1.165) is 17.9 Å². The van der Waals surface area contributed by atoms with Crippen LogP contribution in [-0.2, 0) is 41.6 Å². The third kappa shape index (κ3) is 15.0. The minimum atomic E-state index is -1.51. The van der Waals surface area contributed by atoms with Gasteiger partial charge < -0.3 is 38.9 Å². The molecule has 0 aliphatic heterocycles. The zero-order chi connectivity index (χ0) is 42.1. The molecule has 0 saturated heterocycles. The molecule has 0 fully saturated rings. The molecule has 0 heterocycles. The lowest BCUT2D eigenvalue weighted by Crippen LogP contribution is -2.59. The van der Waals surface area contributed by atoms with Gasteiger partial charge in [-0.15, -0.1) is 0 Å². The Labute approximate surface area is 331 Å². The first-order chi connectivity index (χ1) is 27.1. The van der Waals surface area contributed by atoms with Crippen molar-refractivity contribution in [2.45, 2.75) is 77.0 Å². The predicted molar refractivity (Wildman–Crippen MR) is 215 cm³/mol. The van der Waals surface area contributed by atoms with E-state index in [1.54, 1.807) is 54.6 Å². The maximum absolute atomic E-state index is 14.4. The Balaban J connectivity index is 2.04. The predicted octanol–water partition coefficient (Wildman–Crippen LogP) is 1.70. The first-order valence-corrected chi connectivity index (χ1v) is 18.5. The summed E-state index contributed by atoms with van der Waals surface area (Å²) in [6.45, 7) is 5.06. The summed E-state index contributed by atoms with van der Waals surface area (Å²) in [4.78, 5) is 86.0. The number of rotatable bonds is 20. The molecule has 304 valence electrons. The maximum Gasteiger partial charge on any atom is 0.253 e. The Morgan fingerprint density at radius 3 is 1.88 bits per heavy atom. The van der Waals surface area contributed by atoms with E-state index in [4.69, 9.17) is 22.9 Å². The lowest BCUT2D eigenvalue weighted by molar-refractivity contribution is -0.148. The number of primary amides is 1. The van der Waals surface area contributed by atoms with E-state index in [-0.39, 0.29) is 44.1 Å². The van der Waals surface area contributed by atoms with Gasteiger partial charge in [0.05, 0.1) is 5.69 Å². The summed E-state index contributed by atoms with van der Waals surface area (Å²) in [5.41, 5.74) is 24.2. The highest BCUT2D eigenvalue weighted by Crippen LogP contribution is 2.17. The zero-order valence-electron chi connectivity index (χ0n) is 32.3. The number of nitrogens with one attached hydrogen (secondary N) is 3. The molecule has 4 atom stereocenters. The lowest BCUT2D eigenvalue weighted by Gasteiger charge is -2.30. The highest BCUT2D eigenvalue weighted by atomic mass is 19.1. The van der Waals surface area contributed by atoms with Crippen LogP contribution in [-0.4, -0.2) is 77.0 Å². The van der Waals surface area contributed by atoms with Crippen LogP contribution in [0.25, 0.3) is 6.08 Å². The standard InChI is InChI=1S/C41H52FN9O6/c1-25(2)22-33(38(55)48-32(37(44)54)10-7-21-43)49-39(56)34(23-28-13-18-31(19-14-28)47-41(45)46)50-40(57)35(24-29-11-16-30(42)17-12-29)51(26(3)52)36(53)20-15-27-8-5-4-6-9-27/h4-6,8-9,11-20,25,32-35H,7,10,21-24,43H2,1-3H3,(H2,44,54)(H,48,55)(H,49,56)(H,50,57)(H4,45,46,47)/b20-15+/t32-,33-,34-,35-/m0/s1. The minimum absolute atomic E-state index is 0.104. The van der Waals surface area contributed by atoms with Crippen LogP contribution in [0.15, 0.2) is 89.9 Å². The van der Waals surface area contributed by atoms with Crippen molar-refractivity contribution in [1.29, 1.82) is 0 Å². The largest absolute Gasteiger partial charge is 0.370 e. The summed E-state index contributed by atoms with van der Waals surface area (Å²) in [5.74, 6) is -5.47. The quantitative estimate of drug-likeness (QED) is 0.0499. The molecule has 15 nitrogen and oxygen atoms in total. The van der Waals surface area contributed by atoms with Crippen LogP contribution in [0.2, 0.25) is 0 Å². The molecule has 0 aliphatic carbocycles. The second-order valence-electron chi connectivity index (χ2n) is 13.9. The molecular weight excluding hydrogens is 734 g/mol. The van der Waals surface area contributed by atoms with Gasteiger partial charge in [-0.3, -0.25) is 33.7 Å². The van der Waals surface area contributed by atoms with Crippen LogP contribution in [0.5, 0.6) is 0 Å². The van der Waals surface area contributed by atoms with Crippen molar-refractivity contribution < 1.29 is 33.2 Å². The van der Waals surface area contributed by atoms with Gasteiger partial charge >= 0.3 is 0 Å². The van der Waals surface area contributed by atoms with E-state index in [9.17, 15) is 33.2 Å². The number of hydrogen-bond donors (Lipinski definition) is 7. The van der Waals surface area contributed by atoms with E-state index >= 15 is 0 Å². The maximum atomic E-state index is 14.4. The molecule has 0 aliphatic rings. The number of nitrogens with zero attached hydrogens (tertiary/aromatic N) is 2. The molecule has 11 N–H and O–H groups in total. The van der Waals surface area contributed by atoms with Crippen molar-refractivity contribution in [3.8, 4) is 0 Å². The van der Waals surface area contributed by atoms with Gasteiger partial charge in [0.15, 0.2) is 5.96 Å². The van der Waals surface area contributed by atoms with Crippen molar-refractivity contribution in [2.24, 2.45) is 33.8 Å². The summed E-state index contributed by atoms with van der Waals surface area (Å²) in [6.07, 6.45) is 3.05. The van der Waals surface area contributed by atoms with Crippen LogP contribution < -0.4 is 38.9 Å². The molecule has 57 heavy (non-hydrogen) atoms. The number of nitrogens with two attached hydrogens (primary N) is 4. The topological polar surface area (TPSA) is 258 Å². The molecule has 0 aromatic heterocycles. The van der Waals surface area contributed by atoms with Gasteiger partial charge in [-0.2, -0.15) is 0 Å². The summed E-state index contributed by atoms with van der Waals surface area (Å²) in [7, 11) is 0. The molecule has 0 saturated carbocycles. The minimum Gasteiger partial charge on any atom is -0.370 e. The molecule has 0 radical (unpaired) electrons. The fourth-order valence-corrected chi connectivity index (χ4v) is 5.91. The molecule has 3 rings (SSSR count). The third-order valence-corrected chi connectivity index (χ3v) is 8.72. The number of carbonyl (C=O) groups excluding carboxylic acids is 6. The molecule has 6 amide bonds. The first-order valence-electron chi connectivity index (χ1n) is 18.5. The monoisotopic (exact) mass is 785 g/mol. The van der Waals surface area contributed by atoms with Crippen molar-refractivity contribution in [3.05, 3.63) is 107 Å². The number of halogens is 1. The Morgan fingerprint density at radius 2 is 1.32 bits per heavy atom. The van der Waals surface area contributed by atoms with Crippen LogP contribution >= 0.6 is 0 Å². The molecule has 0 spiro atoms. The number of amides is 6. The zero-order valence-corrected chi connectivity index (χ0v) is 32.3. The van der Waals surface area contributed by atoms with Gasteiger partial charge in [-0.1, -0.05) is 68.4 Å². The Bertz CT molecular complexity index is 1900. The van der Waals surface area contributed by atoms with Gasteiger partial charge in [0, 0.05) is 25.8 Å². The van der Waals surface area contributed by atoms with E-state index in [1.807, 2.05) is 13.8 Å². The van der Waals surface area contributed by atoms with Gasteiger partial charge in [0.1, 0.15) is 30.0 Å². The molecule has 3 aromatic rings. The van der Waals surface area contributed by atoms with Gasteiger partial charge in [-0.25, -0.2) is 9.38 Å². The smallest absolute Gasteiger partial charge is 0.253 e. The SMILES string of the molecule is CC(=O)N(C(=O)/C=C/c1ccccc1)[C@@H](Cc1ccc(F)cc1)C(=O)N[C@@H](Cc1ccc(N=C(N)N)cc1)C(=O)N[C@@H](CC(C)C)C(=O)N[C@@H](CCCN)C(N)=O. The van der Waals surface area contributed by atoms with E-state index in [1.165, 1.54) is 30.3 Å². The third-order valence-electron chi connectivity index (χ3n) is 8.72. The van der Waals surface area contributed by atoms with Crippen LogP contribution in [0.1, 0.15) is 56.7 Å². The van der Waals surface area contributed by atoms with Crippen molar-refractivity contribution >= 4 is 53.2 Å². The van der Waals surface area contributed by atoms with Crippen LogP contribution in [0.3, 0.4) is 0 Å². The fraction of sp³-hybridized carbons (Fsp3) is 0.341. The Hall–Kier alpha value is -6.42. The lowest BCUT2D eigenvalue weighted by atomic mass is 9.99. The molecule has 0 unspecified atom stereocenters. The first kappa shape index (κ1) is 45.0. The van der Waals surface area contributed by atoms with Crippen LogP contribution in [0.4, 0.5) is 10.1 Å². The van der Waals surface area contributed by atoms with Crippen molar-refractivity contribution in [1.82, 2.24) is 20.9 Å². The van der Waals surface area contributed by atoms with E-state index in [2.05, 4.69) is 20.9 Å². The van der Waals surface area contributed by atoms with Gasteiger partial charge in [0.25, 0.3) is 5.91 Å². The fourth-order valence-electron chi connectivity index (χ4n) is 5.91. The summed E-state index contributed by atoms with van der Waals surface area (Å²) < 4.78 is 13.9. The van der Waals surface area contributed by atoms with Crippen molar-refractivity contribution in [3.63, 3.8) is 0 Å². The van der Waals surface area contributed by atoms with Crippen molar-refractivity contribution in [2.75, 3.05) is 6.54 Å². The Kier molecular flexibility index (Phi) is 17.5. The molecule has 16 heteroatoms. The van der Waals surface area contributed by atoms with E-state index < -0.39 is 65.4 Å². The molecular formula is C41H52FN9O6. The van der Waals surface area contributed by atoms with Crippen LogP contribution in [0, 0.1) is 11.7 Å². The second kappa shape index (κ2) is 22.2. The number of benzene rings is 3. The normalized spacial score (nSPS) is 13.2. The average molecular weight is 786 g/mol. The summed E-state index contributed by atoms with van der Waals surface area (Å²) >= 11 is 0. The van der Waals surface area contributed by atoms with E-state index in [0.29, 0.717) is 28.8 Å². The number of imide groups is 1. The molecule has 0 bridgehead atoms. The number of aliphatic imine (C=N–C) groups is 1. The summed E-state index contributed by atoms with van der Waals surface area (Å²) in [5, 5.41) is 8.04. The van der Waals surface area contributed by atoms with Gasteiger partial charge in [0.2, 0.25) is 29.5 Å². The van der Waals surface area contributed by atoms with Gasteiger partial charge in [-0.05, 0) is 78.8 Å². The average Bonchev–Trinajstić information content (AvgIpc) is 3.16. The highest BCUT2D eigenvalue weighted by molar-refractivity contribution is 6.06. The number of hydrogen-bond acceptors (Lipinski definition) is 8. The second-order valence-corrected chi connectivity index (χ2v) is 13.9. The highest BCUT2D eigenvalue weighted by Gasteiger charge is 2.36. The Morgan fingerprint density at radius 1 is 0.754 bits per heavy atom. The summed E-state index contributed by atoms with van der Waals surface area (Å²) in [6, 6.07) is 15.4.